The van der Waals surface area contributed by atoms with Crippen LogP contribution in [0.2, 0.25) is 0 Å². The highest BCUT2D eigenvalue weighted by atomic mass is 32.1. The van der Waals surface area contributed by atoms with Crippen molar-refractivity contribution in [2.75, 3.05) is 18.8 Å². The summed E-state index contributed by atoms with van der Waals surface area (Å²) >= 11 is 4.43. The first-order valence-electron chi connectivity index (χ1n) is 6.04. The fourth-order valence-electron chi connectivity index (χ4n) is 1.86. The van der Waals surface area contributed by atoms with Crippen LogP contribution in [0.4, 0.5) is 0 Å². The lowest BCUT2D eigenvalue weighted by molar-refractivity contribution is 0.184. The van der Waals surface area contributed by atoms with Crippen LogP contribution in [-0.4, -0.2) is 29.8 Å². The summed E-state index contributed by atoms with van der Waals surface area (Å²) in [6.07, 6.45) is 3.85. The SMILES string of the molecule is CCCC(CS)CN(CC)C(C)CC. The van der Waals surface area contributed by atoms with E-state index in [2.05, 4.69) is 45.2 Å². The fourth-order valence-corrected chi connectivity index (χ4v) is 2.16. The molecule has 0 fully saturated rings. The van der Waals surface area contributed by atoms with Gasteiger partial charge >= 0.3 is 0 Å². The Morgan fingerprint density at radius 3 is 2.21 bits per heavy atom. The van der Waals surface area contributed by atoms with Crippen molar-refractivity contribution in [3.8, 4) is 0 Å². The van der Waals surface area contributed by atoms with Gasteiger partial charge in [0.15, 0.2) is 0 Å². The quantitative estimate of drug-likeness (QED) is 0.610. The molecular weight excluding hydrogens is 190 g/mol. The van der Waals surface area contributed by atoms with Crippen molar-refractivity contribution in [1.29, 1.82) is 0 Å². The molecule has 0 aromatic carbocycles. The van der Waals surface area contributed by atoms with Gasteiger partial charge in [-0.2, -0.15) is 12.6 Å². The lowest BCUT2D eigenvalue weighted by atomic mass is 10.0. The summed E-state index contributed by atoms with van der Waals surface area (Å²) in [5.41, 5.74) is 0. The highest BCUT2D eigenvalue weighted by Crippen LogP contribution is 2.13. The van der Waals surface area contributed by atoms with Crippen molar-refractivity contribution in [3.05, 3.63) is 0 Å². The fraction of sp³-hybridized carbons (Fsp3) is 1.00. The minimum Gasteiger partial charge on any atom is -0.301 e. The highest BCUT2D eigenvalue weighted by Gasteiger charge is 2.14. The molecule has 0 radical (unpaired) electrons. The molecule has 0 aliphatic heterocycles. The predicted octanol–water partition coefficient (Wildman–Crippen LogP) is 3.45. The van der Waals surface area contributed by atoms with Gasteiger partial charge in [-0.25, -0.2) is 0 Å². The smallest absolute Gasteiger partial charge is 0.00643 e. The highest BCUT2D eigenvalue weighted by molar-refractivity contribution is 7.80. The number of hydrogen-bond acceptors (Lipinski definition) is 2. The number of nitrogens with zero attached hydrogens (tertiary/aromatic N) is 1. The largest absolute Gasteiger partial charge is 0.301 e. The van der Waals surface area contributed by atoms with Crippen LogP contribution >= 0.6 is 12.6 Å². The standard InChI is InChI=1S/C12H27NS/c1-5-8-12(10-14)9-13(7-3)11(4)6-2/h11-12,14H,5-10H2,1-4H3. The van der Waals surface area contributed by atoms with Gasteiger partial charge in [0.05, 0.1) is 0 Å². The molecule has 1 nitrogen and oxygen atoms in total. The van der Waals surface area contributed by atoms with Crippen molar-refractivity contribution in [2.24, 2.45) is 5.92 Å². The molecule has 2 unspecified atom stereocenters. The van der Waals surface area contributed by atoms with Gasteiger partial charge in [-0.15, -0.1) is 0 Å². The van der Waals surface area contributed by atoms with Crippen molar-refractivity contribution in [3.63, 3.8) is 0 Å². The van der Waals surface area contributed by atoms with Gasteiger partial charge in [0.25, 0.3) is 0 Å². The van der Waals surface area contributed by atoms with Crippen molar-refractivity contribution in [1.82, 2.24) is 4.90 Å². The van der Waals surface area contributed by atoms with Crippen molar-refractivity contribution in [2.45, 2.75) is 53.0 Å². The lowest BCUT2D eigenvalue weighted by Gasteiger charge is -2.30. The third-order valence-corrected chi connectivity index (χ3v) is 3.58. The van der Waals surface area contributed by atoms with Crippen LogP contribution in [0.1, 0.15) is 47.0 Å². The van der Waals surface area contributed by atoms with Gasteiger partial charge in [0.2, 0.25) is 0 Å². The predicted molar refractivity (Wildman–Crippen MR) is 69.3 cm³/mol. The van der Waals surface area contributed by atoms with Gasteiger partial charge in [-0.05, 0) is 38.0 Å². The topological polar surface area (TPSA) is 3.24 Å². The molecule has 0 spiro atoms. The third-order valence-electron chi connectivity index (χ3n) is 3.07. The van der Waals surface area contributed by atoms with Crippen LogP contribution in [0.25, 0.3) is 0 Å². The van der Waals surface area contributed by atoms with Crippen LogP contribution in [0.3, 0.4) is 0 Å². The summed E-state index contributed by atoms with van der Waals surface area (Å²) in [5, 5.41) is 0. The summed E-state index contributed by atoms with van der Waals surface area (Å²) in [6.45, 7) is 11.5. The monoisotopic (exact) mass is 217 g/mol. The molecule has 0 N–H and O–H groups in total. The maximum absolute atomic E-state index is 4.43. The van der Waals surface area contributed by atoms with E-state index in [-0.39, 0.29) is 0 Å². The first-order valence-corrected chi connectivity index (χ1v) is 6.67. The maximum Gasteiger partial charge on any atom is 0.00643 e. The van der Waals surface area contributed by atoms with E-state index in [1.54, 1.807) is 0 Å². The van der Waals surface area contributed by atoms with Gasteiger partial charge in [-0.1, -0.05) is 27.2 Å². The second-order valence-corrected chi connectivity index (χ2v) is 4.55. The average molecular weight is 217 g/mol. The minimum atomic E-state index is 0.722. The Balaban J connectivity index is 3.99. The second kappa shape index (κ2) is 8.60. The first-order chi connectivity index (χ1) is 6.69. The van der Waals surface area contributed by atoms with Crippen LogP contribution < -0.4 is 0 Å². The average Bonchev–Trinajstić information content (AvgIpc) is 2.23. The maximum atomic E-state index is 4.43. The summed E-state index contributed by atoms with van der Waals surface area (Å²) in [7, 11) is 0. The molecule has 2 atom stereocenters. The van der Waals surface area contributed by atoms with Crippen molar-refractivity contribution < 1.29 is 0 Å². The molecule has 86 valence electrons. The molecule has 0 aliphatic carbocycles. The Hall–Kier alpha value is 0.310. The zero-order chi connectivity index (χ0) is 11.0. The number of thiol groups is 1. The van der Waals surface area contributed by atoms with E-state index in [9.17, 15) is 0 Å². The summed E-state index contributed by atoms with van der Waals surface area (Å²) in [6, 6.07) is 0.722. The summed E-state index contributed by atoms with van der Waals surface area (Å²) < 4.78 is 0. The van der Waals surface area contributed by atoms with E-state index < -0.39 is 0 Å². The van der Waals surface area contributed by atoms with Crippen LogP contribution in [-0.2, 0) is 0 Å². The second-order valence-electron chi connectivity index (χ2n) is 4.18. The van der Waals surface area contributed by atoms with Crippen molar-refractivity contribution >= 4 is 12.6 Å². The summed E-state index contributed by atoms with van der Waals surface area (Å²) in [4.78, 5) is 2.58. The molecule has 0 heterocycles. The molecule has 2 heteroatoms. The first kappa shape index (κ1) is 14.3. The Labute approximate surface area is 95.7 Å². The molecule has 0 saturated heterocycles. The van der Waals surface area contributed by atoms with Crippen LogP contribution in [0.15, 0.2) is 0 Å². The molecule has 0 aliphatic rings. The molecule has 0 amide bonds. The Kier molecular flexibility index (Phi) is 8.80. The van der Waals surface area contributed by atoms with Crippen LogP contribution in [0.5, 0.6) is 0 Å². The minimum absolute atomic E-state index is 0.722. The van der Waals surface area contributed by atoms with Gasteiger partial charge in [0.1, 0.15) is 0 Å². The molecule has 0 aromatic heterocycles. The Morgan fingerprint density at radius 2 is 1.86 bits per heavy atom. The molecular formula is C12H27NS. The molecule has 0 aromatic rings. The van der Waals surface area contributed by atoms with E-state index in [1.807, 2.05) is 0 Å². The van der Waals surface area contributed by atoms with Crippen LogP contribution in [0, 0.1) is 5.92 Å². The van der Waals surface area contributed by atoms with E-state index in [1.165, 1.54) is 32.4 Å². The molecule has 14 heavy (non-hydrogen) atoms. The number of rotatable bonds is 8. The van der Waals surface area contributed by atoms with Gasteiger partial charge < -0.3 is 4.90 Å². The Bertz CT molecular complexity index is 127. The summed E-state index contributed by atoms with van der Waals surface area (Å²) in [5.74, 6) is 1.80. The Morgan fingerprint density at radius 1 is 1.21 bits per heavy atom. The zero-order valence-electron chi connectivity index (χ0n) is 10.3. The van der Waals surface area contributed by atoms with Gasteiger partial charge in [0, 0.05) is 12.6 Å². The molecule has 0 rings (SSSR count). The van der Waals surface area contributed by atoms with E-state index >= 15 is 0 Å². The third kappa shape index (κ3) is 5.26. The van der Waals surface area contributed by atoms with Gasteiger partial charge in [-0.3, -0.25) is 0 Å². The normalized spacial score (nSPS) is 15.9. The zero-order valence-corrected chi connectivity index (χ0v) is 11.2. The van der Waals surface area contributed by atoms with E-state index in [0.717, 1.165) is 17.7 Å². The molecule has 0 bridgehead atoms. The lowest BCUT2D eigenvalue weighted by Crippen LogP contribution is -2.37. The molecule has 0 saturated carbocycles. The van der Waals surface area contributed by atoms with E-state index in [0.29, 0.717) is 0 Å². The van der Waals surface area contributed by atoms with E-state index in [4.69, 9.17) is 0 Å². The number of hydrogen-bond donors (Lipinski definition) is 1.